The molecule has 0 radical (unpaired) electrons. The lowest BCUT2D eigenvalue weighted by Gasteiger charge is -2.33. The second kappa shape index (κ2) is 2.59. The number of ether oxygens (including phenoxy) is 1. The van der Waals surface area contributed by atoms with Crippen LogP contribution in [0.2, 0.25) is 0 Å². The van der Waals surface area contributed by atoms with E-state index in [1.54, 1.807) is 0 Å². The molecule has 0 aliphatic heterocycles. The molecule has 1 heteroatoms. The fraction of sp³-hybridized carbons (Fsp3) is 0.818. The Hall–Kier alpha value is -0.300. The highest BCUT2D eigenvalue weighted by molar-refractivity contribution is 5.16. The van der Waals surface area contributed by atoms with Crippen LogP contribution in [-0.4, -0.2) is 11.7 Å². The van der Waals surface area contributed by atoms with E-state index in [0.29, 0.717) is 12.0 Å². The normalized spacial score (nSPS) is 44.7. The maximum atomic E-state index is 5.98. The first-order chi connectivity index (χ1) is 5.60. The highest BCUT2D eigenvalue weighted by atomic mass is 16.5. The van der Waals surface area contributed by atoms with Gasteiger partial charge in [0.2, 0.25) is 0 Å². The van der Waals surface area contributed by atoms with Crippen LogP contribution >= 0.6 is 0 Å². The maximum Gasteiger partial charge on any atom is 0.0726 e. The third kappa shape index (κ3) is 1.20. The van der Waals surface area contributed by atoms with Gasteiger partial charge in [-0.2, -0.15) is 0 Å². The van der Waals surface area contributed by atoms with E-state index in [1.807, 2.05) is 0 Å². The third-order valence-corrected chi connectivity index (χ3v) is 3.13. The van der Waals surface area contributed by atoms with Crippen molar-refractivity contribution >= 4 is 0 Å². The van der Waals surface area contributed by atoms with E-state index >= 15 is 0 Å². The van der Waals surface area contributed by atoms with Crippen molar-refractivity contribution in [1.82, 2.24) is 0 Å². The Labute approximate surface area is 74.8 Å². The largest absolute Gasteiger partial charge is 0.372 e. The van der Waals surface area contributed by atoms with Crippen LogP contribution in [0.25, 0.3) is 0 Å². The molecule has 0 heterocycles. The van der Waals surface area contributed by atoms with E-state index in [9.17, 15) is 0 Å². The van der Waals surface area contributed by atoms with Crippen LogP contribution in [0.4, 0.5) is 0 Å². The van der Waals surface area contributed by atoms with Crippen molar-refractivity contribution in [2.45, 2.75) is 45.3 Å². The van der Waals surface area contributed by atoms with Crippen molar-refractivity contribution in [3.8, 4) is 0 Å². The second-order valence-corrected chi connectivity index (χ2v) is 4.67. The summed E-state index contributed by atoms with van der Waals surface area (Å²) < 4.78 is 5.98. The van der Waals surface area contributed by atoms with Crippen molar-refractivity contribution < 1.29 is 4.74 Å². The van der Waals surface area contributed by atoms with Gasteiger partial charge in [-0.1, -0.05) is 12.2 Å². The molecular formula is C11H18O. The molecule has 3 atom stereocenters. The molecule has 1 saturated carbocycles. The average Bonchev–Trinajstić information content (AvgIpc) is 2.42. The standard InChI is InChI=1S/C11H18O/c1-8(2)12-11(3)7-9-4-5-10(11)6-9/h4-5,8-10H,6-7H2,1-3H3/t9-,10+,11+/m1/s1. The molecule has 0 aromatic rings. The minimum absolute atomic E-state index is 0.146. The van der Waals surface area contributed by atoms with E-state index in [4.69, 9.17) is 4.74 Å². The first-order valence-corrected chi connectivity index (χ1v) is 4.96. The van der Waals surface area contributed by atoms with E-state index in [1.165, 1.54) is 12.8 Å². The molecule has 68 valence electrons. The zero-order chi connectivity index (χ0) is 8.77. The molecule has 0 saturated heterocycles. The third-order valence-electron chi connectivity index (χ3n) is 3.13. The molecule has 2 bridgehead atoms. The molecule has 0 aromatic heterocycles. The summed E-state index contributed by atoms with van der Waals surface area (Å²) in [4.78, 5) is 0. The van der Waals surface area contributed by atoms with Gasteiger partial charge in [0.1, 0.15) is 0 Å². The Balaban J connectivity index is 2.08. The molecule has 2 aliphatic carbocycles. The molecule has 0 spiro atoms. The van der Waals surface area contributed by atoms with Crippen LogP contribution in [0, 0.1) is 11.8 Å². The highest BCUT2D eigenvalue weighted by Gasteiger charge is 2.46. The minimum atomic E-state index is 0.146. The van der Waals surface area contributed by atoms with E-state index in [0.717, 1.165) is 5.92 Å². The smallest absolute Gasteiger partial charge is 0.0726 e. The molecule has 12 heavy (non-hydrogen) atoms. The Morgan fingerprint density at radius 2 is 2.17 bits per heavy atom. The summed E-state index contributed by atoms with van der Waals surface area (Å²) >= 11 is 0. The Bertz CT molecular complexity index is 207. The van der Waals surface area contributed by atoms with Crippen molar-refractivity contribution in [1.29, 1.82) is 0 Å². The summed E-state index contributed by atoms with van der Waals surface area (Å²) in [5.74, 6) is 1.49. The lowest BCUT2D eigenvalue weighted by Crippen LogP contribution is -2.35. The average molecular weight is 166 g/mol. The van der Waals surface area contributed by atoms with Crippen LogP contribution in [0.1, 0.15) is 33.6 Å². The lowest BCUT2D eigenvalue weighted by molar-refractivity contribution is -0.0836. The molecule has 0 amide bonds. The van der Waals surface area contributed by atoms with Gasteiger partial charge in [0.05, 0.1) is 11.7 Å². The number of hydrogen-bond donors (Lipinski definition) is 0. The van der Waals surface area contributed by atoms with Gasteiger partial charge in [-0.15, -0.1) is 0 Å². The molecule has 0 unspecified atom stereocenters. The maximum absolute atomic E-state index is 5.98. The van der Waals surface area contributed by atoms with Crippen LogP contribution < -0.4 is 0 Å². The van der Waals surface area contributed by atoms with Gasteiger partial charge in [0.25, 0.3) is 0 Å². The SMILES string of the molecule is CC(C)O[C@@]1(C)C[C@@H]2C=C[C@H]1C2. The minimum Gasteiger partial charge on any atom is -0.372 e. The molecule has 1 nitrogen and oxygen atoms in total. The first kappa shape index (κ1) is 8.31. The van der Waals surface area contributed by atoms with Crippen molar-refractivity contribution in [2.24, 2.45) is 11.8 Å². The van der Waals surface area contributed by atoms with Crippen molar-refractivity contribution in [2.75, 3.05) is 0 Å². The molecule has 2 rings (SSSR count). The summed E-state index contributed by atoms with van der Waals surface area (Å²) in [5.41, 5.74) is 0.146. The van der Waals surface area contributed by atoms with Gasteiger partial charge >= 0.3 is 0 Å². The predicted octanol–water partition coefficient (Wildman–Crippen LogP) is 2.77. The summed E-state index contributed by atoms with van der Waals surface area (Å²) in [6.07, 6.45) is 7.62. The van der Waals surface area contributed by atoms with Crippen LogP contribution in [0.5, 0.6) is 0 Å². The topological polar surface area (TPSA) is 9.23 Å². The molecule has 0 aromatic carbocycles. The molecule has 0 N–H and O–H groups in total. The second-order valence-electron chi connectivity index (χ2n) is 4.67. The number of hydrogen-bond acceptors (Lipinski definition) is 1. The first-order valence-electron chi connectivity index (χ1n) is 4.96. The molecule has 1 fully saturated rings. The van der Waals surface area contributed by atoms with Gasteiger partial charge in [-0.3, -0.25) is 0 Å². The van der Waals surface area contributed by atoms with Crippen LogP contribution in [0.15, 0.2) is 12.2 Å². The zero-order valence-electron chi connectivity index (χ0n) is 8.21. The summed E-state index contributed by atoms with van der Waals surface area (Å²) in [6, 6.07) is 0. The molecular weight excluding hydrogens is 148 g/mol. The number of rotatable bonds is 2. The Kier molecular flexibility index (Phi) is 1.80. The summed E-state index contributed by atoms with van der Waals surface area (Å²) in [6.45, 7) is 6.52. The Morgan fingerprint density at radius 3 is 2.58 bits per heavy atom. The predicted molar refractivity (Wildman–Crippen MR) is 50.0 cm³/mol. The van der Waals surface area contributed by atoms with Gasteiger partial charge < -0.3 is 4.74 Å². The fourth-order valence-electron chi connectivity index (χ4n) is 2.72. The van der Waals surface area contributed by atoms with Crippen molar-refractivity contribution in [3.05, 3.63) is 12.2 Å². The van der Waals surface area contributed by atoms with Gasteiger partial charge in [-0.05, 0) is 39.5 Å². The fourth-order valence-corrected chi connectivity index (χ4v) is 2.72. The van der Waals surface area contributed by atoms with E-state index < -0.39 is 0 Å². The van der Waals surface area contributed by atoms with Gasteiger partial charge in [0.15, 0.2) is 0 Å². The quantitative estimate of drug-likeness (QED) is 0.573. The monoisotopic (exact) mass is 166 g/mol. The van der Waals surface area contributed by atoms with Crippen molar-refractivity contribution in [3.63, 3.8) is 0 Å². The van der Waals surface area contributed by atoms with Gasteiger partial charge in [-0.25, -0.2) is 0 Å². The van der Waals surface area contributed by atoms with E-state index in [-0.39, 0.29) is 5.60 Å². The summed E-state index contributed by atoms with van der Waals surface area (Å²) in [7, 11) is 0. The summed E-state index contributed by atoms with van der Waals surface area (Å²) in [5, 5.41) is 0. The lowest BCUT2D eigenvalue weighted by atomic mass is 9.90. The van der Waals surface area contributed by atoms with E-state index in [2.05, 4.69) is 32.9 Å². The number of allylic oxidation sites excluding steroid dienone is 1. The van der Waals surface area contributed by atoms with Crippen LogP contribution in [-0.2, 0) is 4.74 Å². The molecule has 2 aliphatic rings. The Morgan fingerprint density at radius 1 is 1.42 bits per heavy atom. The highest BCUT2D eigenvalue weighted by Crippen LogP contribution is 2.48. The van der Waals surface area contributed by atoms with Gasteiger partial charge in [0, 0.05) is 5.92 Å². The zero-order valence-corrected chi connectivity index (χ0v) is 8.21. The number of fused-ring (bicyclic) bond motifs is 2. The van der Waals surface area contributed by atoms with Crippen LogP contribution in [0.3, 0.4) is 0 Å².